The Bertz CT molecular complexity index is 864. The summed E-state index contributed by atoms with van der Waals surface area (Å²) >= 11 is 0. The van der Waals surface area contributed by atoms with Gasteiger partial charge >= 0.3 is 0 Å². The SMILES string of the molecule is Cc1cc(C)cc(N2C(=O)C(Cc3ccccc3)N=C2N2CCN(C)CC2)c1. The van der Waals surface area contributed by atoms with E-state index < -0.39 is 0 Å². The lowest BCUT2D eigenvalue weighted by molar-refractivity contribution is -0.118. The van der Waals surface area contributed by atoms with Crippen molar-refractivity contribution in [2.75, 3.05) is 38.1 Å². The minimum Gasteiger partial charge on any atom is -0.340 e. The number of hydrogen-bond donors (Lipinski definition) is 0. The van der Waals surface area contributed by atoms with Crippen LogP contribution in [0.2, 0.25) is 0 Å². The van der Waals surface area contributed by atoms with Gasteiger partial charge in [0.1, 0.15) is 6.04 Å². The van der Waals surface area contributed by atoms with Crippen LogP contribution in [0, 0.1) is 13.8 Å². The number of benzene rings is 2. The lowest BCUT2D eigenvalue weighted by Gasteiger charge is -2.36. The topological polar surface area (TPSA) is 39.2 Å². The molecule has 1 saturated heterocycles. The van der Waals surface area contributed by atoms with E-state index in [-0.39, 0.29) is 11.9 Å². The molecule has 4 rings (SSSR count). The quantitative estimate of drug-likeness (QED) is 0.827. The van der Waals surface area contributed by atoms with Crippen molar-refractivity contribution in [1.82, 2.24) is 9.80 Å². The molecule has 1 unspecified atom stereocenters. The summed E-state index contributed by atoms with van der Waals surface area (Å²) in [5.74, 6) is 0.881. The normalized spacial score (nSPS) is 20.6. The van der Waals surface area contributed by atoms with Crippen molar-refractivity contribution in [3.8, 4) is 0 Å². The molecule has 0 bridgehead atoms. The van der Waals surface area contributed by atoms with E-state index >= 15 is 0 Å². The highest BCUT2D eigenvalue weighted by molar-refractivity contribution is 6.22. The van der Waals surface area contributed by atoms with Crippen LogP contribution in [0.3, 0.4) is 0 Å². The largest absolute Gasteiger partial charge is 0.340 e. The standard InChI is InChI=1S/C23H28N4O/c1-17-13-18(2)15-20(14-17)27-22(28)21(16-19-7-5-4-6-8-19)24-23(27)26-11-9-25(3)10-12-26/h4-8,13-15,21H,9-12,16H2,1-3H3. The second-order valence-electron chi connectivity index (χ2n) is 7.94. The number of carbonyl (C=O) groups excluding carboxylic acids is 1. The van der Waals surface area contributed by atoms with Crippen molar-refractivity contribution in [3.63, 3.8) is 0 Å². The summed E-state index contributed by atoms with van der Waals surface area (Å²) in [6.45, 7) is 7.90. The van der Waals surface area contributed by atoms with Gasteiger partial charge in [-0.25, -0.2) is 9.89 Å². The van der Waals surface area contributed by atoms with Gasteiger partial charge in [-0.1, -0.05) is 36.4 Å². The molecule has 2 aromatic carbocycles. The molecule has 28 heavy (non-hydrogen) atoms. The van der Waals surface area contributed by atoms with Crippen LogP contribution in [-0.4, -0.2) is 60.9 Å². The summed E-state index contributed by atoms with van der Waals surface area (Å²) < 4.78 is 0. The molecule has 5 heteroatoms. The van der Waals surface area contributed by atoms with Crippen molar-refractivity contribution in [2.24, 2.45) is 4.99 Å². The molecular formula is C23H28N4O. The maximum absolute atomic E-state index is 13.4. The fourth-order valence-corrected chi connectivity index (χ4v) is 4.02. The van der Waals surface area contributed by atoms with Gasteiger partial charge in [0.25, 0.3) is 5.91 Å². The van der Waals surface area contributed by atoms with Crippen molar-refractivity contribution in [2.45, 2.75) is 26.3 Å². The first-order valence-corrected chi connectivity index (χ1v) is 9.99. The molecule has 0 aliphatic carbocycles. The van der Waals surface area contributed by atoms with Gasteiger partial charge < -0.3 is 9.80 Å². The first kappa shape index (κ1) is 18.7. The highest BCUT2D eigenvalue weighted by Gasteiger charge is 2.39. The molecule has 0 aromatic heterocycles. The van der Waals surface area contributed by atoms with Crippen molar-refractivity contribution < 1.29 is 4.79 Å². The zero-order valence-electron chi connectivity index (χ0n) is 16.9. The van der Waals surface area contributed by atoms with Crippen LogP contribution >= 0.6 is 0 Å². The predicted octanol–water partition coefficient (Wildman–Crippen LogP) is 2.86. The summed E-state index contributed by atoms with van der Waals surface area (Å²) in [7, 11) is 2.14. The number of likely N-dealkylation sites (N-methyl/N-ethyl adjacent to an activating group) is 1. The van der Waals surface area contributed by atoms with Crippen LogP contribution in [0.4, 0.5) is 5.69 Å². The zero-order chi connectivity index (χ0) is 19.7. The van der Waals surface area contributed by atoms with E-state index in [0.29, 0.717) is 6.42 Å². The fourth-order valence-electron chi connectivity index (χ4n) is 4.02. The summed E-state index contributed by atoms with van der Waals surface area (Å²) in [4.78, 5) is 24.8. The van der Waals surface area contributed by atoms with Crippen LogP contribution in [0.25, 0.3) is 0 Å². The third-order valence-corrected chi connectivity index (χ3v) is 5.50. The average molecular weight is 377 g/mol. The van der Waals surface area contributed by atoms with E-state index in [2.05, 4.69) is 61.0 Å². The minimum absolute atomic E-state index is 0.0720. The summed E-state index contributed by atoms with van der Waals surface area (Å²) in [5.41, 5.74) is 4.39. The van der Waals surface area contributed by atoms with Crippen LogP contribution in [0.15, 0.2) is 53.5 Å². The van der Waals surface area contributed by atoms with Crippen LogP contribution < -0.4 is 4.90 Å². The number of rotatable bonds is 3. The number of guanidine groups is 1. The zero-order valence-corrected chi connectivity index (χ0v) is 16.9. The highest BCUT2D eigenvalue weighted by Crippen LogP contribution is 2.27. The highest BCUT2D eigenvalue weighted by atomic mass is 16.2. The molecule has 0 radical (unpaired) electrons. The number of piperazine rings is 1. The first-order chi connectivity index (χ1) is 13.5. The molecule has 146 valence electrons. The van der Waals surface area contributed by atoms with Crippen LogP contribution in [0.5, 0.6) is 0 Å². The Kier molecular flexibility index (Phi) is 5.18. The monoisotopic (exact) mass is 376 g/mol. The Morgan fingerprint density at radius 2 is 1.61 bits per heavy atom. The van der Waals surface area contributed by atoms with Gasteiger partial charge in [0.15, 0.2) is 0 Å². The van der Waals surface area contributed by atoms with Gasteiger partial charge in [0.05, 0.1) is 5.69 Å². The van der Waals surface area contributed by atoms with Gasteiger partial charge in [-0.2, -0.15) is 0 Å². The molecule has 0 spiro atoms. The van der Waals surface area contributed by atoms with E-state index in [9.17, 15) is 4.79 Å². The van der Waals surface area contributed by atoms with E-state index in [1.165, 1.54) is 0 Å². The molecule has 2 heterocycles. The van der Waals surface area contributed by atoms with Crippen LogP contribution in [-0.2, 0) is 11.2 Å². The van der Waals surface area contributed by atoms with E-state index in [1.807, 2.05) is 23.1 Å². The van der Waals surface area contributed by atoms with E-state index in [0.717, 1.165) is 54.5 Å². The Morgan fingerprint density at radius 1 is 0.964 bits per heavy atom. The van der Waals surface area contributed by atoms with E-state index in [4.69, 9.17) is 4.99 Å². The van der Waals surface area contributed by atoms with Gasteiger partial charge in [-0.15, -0.1) is 0 Å². The lowest BCUT2D eigenvalue weighted by atomic mass is 10.1. The van der Waals surface area contributed by atoms with E-state index in [1.54, 1.807) is 0 Å². The number of aryl methyl sites for hydroxylation is 2. The van der Waals surface area contributed by atoms with Crippen molar-refractivity contribution in [3.05, 3.63) is 65.2 Å². The van der Waals surface area contributed by atoms with Gasteiger partial charge in [0, 0.05) is 32.6 Å². The molecule has 1 fully saturated rings. The van der Waals surface area contributed by atoms with Crippen molar-refractivity contribution in [1.29, 1.82) is 0 Å². The second-order valence-corrected chi connectivity index (χ2v) is 7.94. The smallest absolute Gasteiger partial charge is 0.259 e. The molecule has 2 aliphatic heterocycles. The number of anilines is 1. The minimum atomic E-state index is -0.363. The summed E-state index contributed by atoms with van der Waals surface area (Å²) in [6, 6.07) is 16.1. The summed E-state index contributed by atoms with van der Waals surface area (Å²) in [6.07, 6.45) is 0.637. The molecule has 1 atom stereocenters. The number of amides is 1. The lowest BCUT2D eigenvalue weighted by Crippen LogP contribution is -2.52. The third kappa shape index (κ3) is 3.80. The molecule has 5 nitrogen and oxygen atoms in total. The van der Waals surface area contributed by atoms with Gasteiger partial charge in [0.2, 0.25) is 5.96 Å². The average Bonchev–Trinajstić information content (AvgIpc) is 2.99. The number of nitrogens with zero attached hydrogens (tertiary/aromatic N) is 4. The predicted molar refractivity (Wildman–Crippen MR) is 114 cm³/mol. The number of carbonyl (C=O) groups is 1. The molecule has 2 aliphatic rings. The Balaban J connectivity index is 1.68. The van der Waals surface area contributed by atoms with Gasteiger partial charge in [-0.05, 0) is 49.7 Å². The maximum atomic E-state index is 13.4. The number of hydrogen-bond acceptors (Lipinski definition) is 4. The van der Waals surface area contributed by atoms with Crippen LogP contribution in [0.1, 0.15) is 16.7 Å². The Labute approximate surface area is 167 Å². The molecule has 2 aromatic rings. The van der Waals surface area contributed by atoms with Crippen molar-refractivity contribution >= 4 is 17.6 Å². The van der Waals surface area contributed by atoms with Gasteiger partial charge in [-0.3, -0.25) is 4.79 Å². The first-order valence-electron chi connectivity index (χ1n) is 9.99. The summed E-state index contributed by atoms with van der Waals surface area (Å²) in [5, 5.41) is 0. The Morgan fingerprint density at radius 3 is 2.25 bits per heavy atom. The fraction of sp³-hybridized carbons (Fsp3) is 0.391. The Hall–Kier alpha value is -2.66. The molecule has 1 amide bonds. The third-order valence-electron chi connectivity index (χ3n) is 5.50. The number of aliphatic imine (C=N–C) groups is 1. The molecule has 0 N–H and O–H groups in total. The second kappa shape index (κ2) is 7.76. The molecular weight excluding hydrogens is 348 g/mol. The molecule has 0 saturated carbocycles. The maximum Gasteiger partial charge on any atom is 0.259 e.